The zero-order valence-electron chi connectivity index (χ0n) is 17.2. The Hall–Kier alpha value is -3.06. The van der Waals surface area contributed by atoms with Crippen molar-refractivity contribution in [2.45, 2.75) is 39.2 Å². The summed E-state index contributed by atoms with van der Waals surface area (Å²) < 4.78 is 2.57. The number of benzene rings is 3. The average Bonchev–Trinajstić information content (AvgIpc) is 3.08. The number of nitrogens with zero attached hydrogens (tertiary/aromatic N) is 1. The molecule has 5 rings (SSSR count). The molecule has 1 aromatic heterocycles. The highest BCUT2D eigenvalue weighted by atomic mass is 15.0. The van der Waals surface area contributed by atoms with Gasteiger partial charge in [-0.1, -0.05) is 72.8 Å². The molecule has 3 aromatic carbocycles. The van der Waals surface area contributed by atoms with E-state index in [0.717, 1.165) is 0 Å². The Bertz CT molecular complexity index is 1300. The normalized spacial score (nSPS) is 17.5. The van der Waals surface area contributed by atoms with E-state index in [1.165, 1.54) is 63.0 Å². The van der Waals surface area contributed by atoms with Crippen LogP contribution in [0.25, 0.3) is 44.6 Å². The molecule has 0 saturated heterocycles. The predicted octanol–water partition coefficient (Wildman–Crippen LogP) is 8.30. The molecule has 0 aliphatic heterocycles. The molecule has 1 heterocycles. The lowest BCUT2D eigenvalue weighted by molar-refractivity contribution is 0.528. The van der Waals surface area contributed by atoms with E-state index in [4.69, 9.17) is 0 Å². The minimum Gasteiger partial charge on any atom is -0.333 e. The third-order valence-corrected chi connectivity index (χ3v) is 6.17. The van der Waals surface area contributed by atoms with E-state index < -0.39 is 0 Å². The molecule has 0 spiro atoms. The van der Waals surface area contributed by atoms with Crippen molar-refractivity contribution >= 4 is 44.6 Å². The monoisotopic (exact) mass is 377 g/mol. The summed E-state index contributed by atoms with van der Waals surface area (Å²) >= 11 is 0. The van der Waals surface area contributed by atoms with Crippen molar-refractivity contribution < 1.29 is 0 Å². The quantitative estimate of drug-likeness (QED) is 0.250. The molecule has 0 radical (unpaired) electrons. The molecule has 0 bridgehead atoms. The lowest BCUT2D eigenvalue weighted by Gasteiger charge is -2.22. The fourth-order valence-electron chi connectivity index (χ4n) is 4.98. The SMILES string of the molecule is C/C=C\c1c(/C=C\C)n(C2C=CCCC2)c2ccc3ccc4ccccc4c3c12. The summed E-state index contributed by atoms with van der Waals surface area (Å²) in [6, 6.07) is 18.3. The van der Waals surface area contributed by atoms with E-state index in [9.17, 15) is 0 Å². The second kappa shape index (κ2) is 7.40. The minimum absolute atomic E-state index is 0.420. The zero-order valence-corrected chi connectivity index (χ0v) is 17.2. The van der Waals surface area contributed by atoms with Gasteiger partial charge in [-0.15, -0.1) is 0 Å². The van der Waals surface area contributed by atoms with E-state index in [2.05, 4.69) is 103 Å². The number of allylic oxidation sites excluding steroid dienone is 4. The van der Waals surface area contributed by atoms with E-state index in [0.29, 0.717) is 6.04 Å². The number of fused-ring (bicyclic) bond motifs is 5. The van der Waals surface area contributed by atoms with Crippen molar-refractivity contribution in [1.29, 1.82) is 0 Å². The molecule has 0 fully saturated rings. The molecule has 0 amide bonds. The molecule has 0 N–H and O–H groups in total. The molecule has 1 unspecified atom stereocenters. The number of hydrogen-bond donors (Lipinski definition) is 0. The van der Waals surface area contributed by atoms with Crippen molar-refractivity contribution in [2.24, 2.45) is 0 Å². The average molecular weight is 378 g/mol. The van der Waals surface area contributed by atoms with Crippen LogP contribution in [-0.2, 0) is 0 Å². The maximum atomic E-state index is 2.57. The van der Waals surface area contributed by atoms with Crippen molar-refractivity contribution in [2.75, 3.05) is 0 Å². The van der Waals surface area contributed by atoms with Crippen LogP contribution >= 0.6 is 0 Å². The van der Waals surface area contributed by atoms with Crippen molar-refractivity contribution in [1.82, 2.24) is 4.57 Å². The molecule has 1 aliphatic carbocycles. The first-order valence-corrected chi connectivity index (χ1v) is 10.7. The largest absolute Gasteiger partial charge is 0.333 e. The maximum Gasteiger partial charge on any atom is 0.0522 e. The third kappa shape index (κ3) is 2.84. The molecule has 4 aromatic rings. The van der Waals surface area contributed by atoms with Crippen LogP contribution in [0.15, 0.2) is 72.8 Å². The number of rotatable bonds is 3. The Morgan fingerprint density at radius 2 is 1.66 bits per heavy atom. The number of hydrogen-bond acceptors (Lipinski definition) is 0. The summed E-state index contributed by atoms with van der Waals surface area (Å²) in [7, 11) is 0. The van der Waals surface area contributed by atoms with Gasteiger partial charge in [-0.25, -0.2) is 0 Å². The van der Waals surface area contributed by atoms with Crippen molar-refractivity contribution in [3.05, 3.63) is 84.1 Å². The van der Waals surface area contributed by atoms with Gasteiger partial charge in [0.1, 0.15) is 0 Å². The zero-order chi connectivity index (χ0) is 19.8. The van der Waals surface area contributed by atoms with Crippen LogP contribution in [0.1, 0.15) is 50.4 Å². The topological polar surface area (TPSA) is 4.93 Å². The number of aromatic nitrogens is 1. The summed E-state index contributed by atoms with van der Waals surface area (Å²) in [4.78, 5) is 0. The molecule has 1 atom stereocenters. The van der Waals surface area contributed by atoms with Crippen LogP contribution in [0.2, 0.25) is 0 Å². The molecule has 144 valence electrons. The molecular weight excluding hydrogens is 350 g/mol. The Kier molecular flexibility index (Phi) is 4.60. The standard InChI is InChI=1S/C28H27N/c1-3-10-24-25(11-4-2)29(22-13-6-5-7-14-22)26-19-18-21-17-16-20-12-8-9-15-23(20)27(21)28(24)26/h3-4,6,8-13,15-19,22H,5,7,14H2,1-2H3/b10-3-,11-4-. The highest BCUT2D eigenvalue weighted by Crippen LogP contribution is 2.41. The van der Waals surface area contributed by atoms with Crippen molar-refractivity contribution in [3.8, 4) is 0 Å². The van der Waals surface area contributed by atoms with Gasteiger partial charge in [-0.3, -0.25) is 0 Å². The fraction of sp³-hybridized carbons (Fsp3) is 0.214. The smallest absolute Gasteiger partial charge is 0.0522 e. The summed E-state index contributed by atoms with van der Waals surface area (Å²) in [6.45, 7) is 4.23. The van der Waals surface area contributed by atoms with Gasteiger partial charge < -0.3 is 4.57 Å². The Morgan fingerprint density at radius 3 is 2.45 bits per heavy atom. The van der Waals surface area contributed by atoms with Crippen LogP contribution in [0, 0.1) is 0 Å². The highest BCUT2D eigenvalue weighted by Gasteiger charge is 2.22. The van der Waals surface area contributed by atoms with E-state index in [-0.39, 0.29) is 0 Å². The summed E-state index contributed by atoms with van der Waals surface area (Å²) in [5, 5.41) is 6.70. The Morgan fingerprint density at radius 1 is 0.862 bits per heavy atom. The first-order valence-electron chi connectivity index (χ1n) is 10.7. The summed E-state index contributed by atoms with van der Waals surface area (Å²) in [5.41, 5.74) is 3.99. The Labute approximate surface area is 172 Å². The van der Waals surface area contributed by atoms with Crippen LogP contribution in [0.3, 0.4) is 0 Å². The molecular formula is C28H27N. The molecule has 1 heteroatoms. The van der Waals surface area contributed by atoms with Gasteiger partial charge in [-0.2, -0.15) is 0 Å². The highest BCUT2D eigenvalue weighted by molar-refractivity contribution is 6.22. The molecule has 1 nitrogen and oxygen atoms in total. The van der Waals surface area contributed by atoms with Crippen LogP contribution in [0.4, 0.5) is 0 Å². The van der Waals surface area contributed by atoms with Crippen LogP contribution in [0.5, 0.6) is 0 Å². The predicted molar refractivity (Wildman–Crippen MR) is 128 cm³/mol. The van der Waals surface area contributed by atoms with Gasteiger partial charge in [0.25, 0.3) is 0 Å². The second-order valence-corrected chi connectivity index (χ2v) is 7.94. The lowest BCUT2D eigenvalue weighted by atomic mass is 9.96. The van der Waals surface area contributed by atoms with E-state index >= 15 is 0 Å². The first kappa shape index (κ1) is 18.0. The molecule has 0 saturated carbocycles. The van der Waals surface area contributed by atoms with Gasteiger partial charge in [0.2, 0.25) is 0 Å². The van der Waals surface area contributed by atoms with Crippen molar-refractivity contribution in [3.63, 3.8) is 0 Å². The lowest BCUT2D eigenvalue weighted by Crippen LogP contribution is -2.10. The van der Waals surface area contributed by atoms with Gasteiger partial charge in [0.05, 0.1) is 11.6 Å². The summed E-state index contributed by atoms with van der Waals surface area (Å²) in [6.07, 6.45) is 17.3. The van der Waals surface area contributed by atoms with E-state index in [1.807, 2.05) is 0 Å². The van der Waals surface area contributed by atoms with Gasteiger partial charge in [0.15, 0.2) is 0 Å². The summed E-state index contributed by atoms with van der Waals surface area (Å²) in [5.74, 6) is 0. The van der Waals surface area contributed by atoms with Gasteiger partial charge in [0, 0.05) is 16.6 Å². The fourth-order valence-corrected chi connectivity index (χ4v) is 4.98. The van der Waals surface area contributed by atoms with Gasteiger partial charge in [-0.05, 0) is 66.8 Å². The third-order valence-electron chi connectivity index (χ3n) is 6.17. The second-order valence-electron chi connectivity index (χ2n) is 7.94. The first-order chi connectivity index (χ1) is 14.3. The Balaban J connectivity index is 2.01. The molecule has 29 heavy (non-hydrogen) atoms. The minimum atomic E-state index is 0.420. The molecule has 1 aliphatic rings. The van der Waals surface area contributed by atoms with Gasteiger partial charge >= 0.3 is 0 Å². The van der Waals surface area contributed by atoms with Crippen LogP contribution < -0.4 is 0 Å². The maximum absolute atomic E-state index is 2.57. The van der Waals surface area contributed by atoms with E-state index in [1.54, 1.807) is 0 Å². The van der Waals surface area contributed by atoms with Crippen LogP contribution in [-0.4, -0.2) is 4.57 Å².